The van der Waals surface area contributed by atoms with Crippen molar-refractivity contribution >= 4 is 33.9 Å². The predicted molar refractivity (Wildman–Crippen MR) is 128 cm³/mol. The van der Waals surface area contributed by atoms with Gasteiger partial charge in [-0.05, 0) is 64.7 Å². The van der Waals surface area contributed by atoms with Gasteiger partial charge >= 0.3 is 6.03 Å². The summed E-state index contributed by atoms with van der Waals surface area (Å²) in [6.07, 6.45) is 1.67. The van der Waals surface area contributed by atoms with Crippen LogP contribution in [0.2, 0.25) is 0 Å². The first-order valence-electron chi connectivity index (χ1n) is 10.3. The van der Waals surface area contributed by atoms with Crippen LogP contribution in [0.3, 0.4) is 0 Å². The molecule has 0 radical (unpaired) electrons. The number of halogens is 1. The fourth-order valence-corrected chi connectivity index (χ4v) is 3.84. The van der Waals surface area contributed by atoms with E-state index in [4.69, 9.17) is 4.74 Å². The standard InChI is InChI=1S/C26H23BrN2O3/c1-17-3-7-19(8-4-17)15-29-25(30)23(28-26(29)31)14-21-11-12-24(22(27)13-21)32-16-20-9-5-18(2)6-10-20/h3-14H,15-16H2,1-2H3,(H,28,31)/b23-14+. The summed E-state index contributed by atoms with van der Waals surface area (Å²) in [6, 6.07) is 21.1. The van der Waals surface area contributed by atoms with E-state index < -0.39 is 6.03 Å². The molecule has 3 aromatic rings. The monoisotopic (exact) mass is 490 g/mol. The van der Waals surface area contributed by atoms with Crippen LogP contribution in [0.4, 0.5) is 4.79 Å². The average Bonchev–Trinajstić information content (AvgIpc) is 3.03. The van der Waals surface area contributed by atoms with Crippen molar-refractivity contribution in [2.45, 2.75) is 27.0 Å². The number of nitrogens with zero attached hydrogens (tertiary/aromatic N) is 1. The first-order valence-corrected chi connectivity index (χ1v) is 11.1. The molecule has 162 valence electrons. The molecular weight excluding hydrogens is 468 g/mol. The Morgan fingerprint density at radius 1 is 0.906 bits per heavy atom. The normalized spacial score (nSPS) is 14.7. The third-order valence-corrected chi connectivity index (χ3v) is 5.83. The minimum absolute atomic E-state index is 0.234. The molecule has 1 fully saturated rings. The van der Waals surface area contributed by atoms with E-state index >= 15 is 0 Å². The number of carbonyl (C=O) groups excluding carboxylic acids is 2. The summed E-state index contributed by atoms with van der Waals surface area (Å²) < 4.78 is 6.68. The quantitative estimate of drug-likeness (QED) is 0.354. The lowest BCUT2D eigenvalue weighted by atomic mass is 10.1. The van der Waals surface area contributed by atoms with Gasteiger partial charge in [0.1, 0.15) is 18.1 Å². The molecule has 0 atom stereocenters. The molecule has 0 unspecified atom stereocenters. The number of hydrogen-bond donors (Lipinski definition) is 1. The van der Waals surface area contributed by atoms with Crippen molar-refractivity contribution in [2.24, 2.45) is 0 Å². The molecule has 1 saturated heterocycles. The zero-order valence-corrected chi connectivity index (χ0v) is 19.5. The van der Waals surface area contributed by atoms with Gasteiger partial charge in [-0.1, -0.05) is 65.7 Å². The highest BCUT2D eigenvalue weighted by atomic mass is 79.9. The van der Waals surface area contributed by atoms with E-state index in [1.54, 1.807) is 6.08 Å². The number of ether oxygens (including phenoxy) is 1. The minimum atomic E-state index is -0.418. The van der Waals surface area contributed by atoms with Crippen molar-refractivity contribution in [2.75, 3.05) is 0 Å². The van der Waals surface area contributed by atoms with E-state index in [2.05, 4.69) is 33.4 Å². The number of aryl methyl sites for hydroxylation is 2. The molecule has 5 nitrogen and oxygen atoms in total. The molecule has 0 saturated carbocycles. The van der Waals surface area contributed by atoms with Crippen molar-refractivity contribution < 1.29 is 14.3 Å². The Morgan fingerprint density at radius 3 is 2.16 bits per heavy atom. The van der Waals surface area contributed by atoms with Gasteiger partial charge in [0.05, 0.1) is 11.0 Å². The van der Waals surface area contributed by atoms with Gasteiger partial charge in [0, 0.05) is 0 Å². The smallest absolute Gasteiger partial charge is 0.329 e. The van der Waals surface area contributed by atoms with E-state index in [-0.39, 0.29) is 18.1 Å². The molecule has 1 heterocycles. The van der Waals surface area contributed by atoms with E-state index in [1.807, 2.05) is 68.4 Å². The van der Waals surface area contributed by atoms with Crippen LogP contribution in [0, 0.1) is 13.8 Å². The Hall–Kier alpha value is -3.38. The van der Waals surface area contributed by atoms with Gasteiger partial charge < -0.3 is 10.1 Å². The Kier molecular flexibility index (Phi) is 6.42. The van der Waals surface area contributed by atoms with Crippen molar-refractivity contribution in [1.29, 1.82) is 0 Å². The van der Waals surface area contributed by atoms with Crippen LogP contribution in [0.25, 0.3) is 6.08 Å². The third kappa shape index (κ3) is 5.08. The van der Waals surface area contributed by atoms with Crippen molar-refractivity contribution in [3.63, 3.8) is 0 Å². The van der Waals surface area contributed by atoms with Gasteiger partial charge in [-0.3, -0.25) is 9.69 Å². The number of urea groups is 1. The molecule has 4 rings (SSSR count). The van der Waals surface area contributed by atoms with Crippen LogP contribution in [-0.2, 0) is 17.9 Å². The summed E-state index contributed by atoms with van der Waals surface area (Å²) in [7, 11) is 0. The molecule has 6 heteroatoms. The molecule has 3 amide bonds. The molecule has 0 aromatic heterocycles. The van der Waals surface area contributed by atoms with E-state index in [9.17, 15) is 9.59 Å². The lowest BCUT2D eigenvalue weighted by molar-refractivity contribution is -0.123. The van der Waals surface area contributed by atoms with Crippen molar-refractivity contribution in [3.8, 4) is 5.75 Å². The average molecular weight is 491 g/mol. The van der Waals surface area contributed by atoms with Gasteiger partial charge in [0.25, 0.3) is 5.91 Å². The molecule has 1 aliphatic heterocycles. The fraction of sp³-hybridized carbons (Fsp3) is 0.154. The number of benzene rings is 3. The molecular formula is C26H23BrN2O3. The van der Waals surface area contributed by atoms with E-state index in [0.717, 1.165) is 26.7 Å². The summed E-state index contributed by atoms with van der Waals surface area (Å²) in [6.45, 7) is 4.74. The van der Waals surface area contributed by atoms with Gasteiger partial charge in [-0.15, -0.1) is 0 Å². The van der Waals surface area contributed by atoms with Gasteiger partial charge in [-0.2, -0.15) is 0 Å². The van der Waals surface area contributed by atoms with Gasteiger partial charge in [0.15, 0.2) is 0 Å². The van der Waals surface area contributed by atoms with E-state index in [0.29, 0.717) is 12.4 Å². The second-order valence-electron chi connectivity index (χ2n) is 7.83. The molecule has 0 bridgehead atoms. The Bertz CT molecular complexity index is 1180. The lowest BCUT2D eigenvalue weighted by Gasteiger charge is -2.12. The molecule has 0 spiro atoms. The fourth-order valence-electron chi connectivity index (χ4n) is 3.33. The van der Waals surface area contributed by atoms with Crippen molar-refractivity contribution in [3.05, 3.63) is 105 Å². The summed E-state index contributed by atoms with van der Waals surface area (Å²) in [4.78, 5) is 26.3. The molecule has 3 aromatic carbocycles. The van der Waals surface area contributed by atoms with E-state index in [1.165, 1.54) is 10.5 Å². The Morgan fingerprint density at radius 2 is 1.53 bits per heavy atom. The highest BCUT2D eigenvalue weighted by molar-refractivity contribution is 9.10. The second kappa shape index (κ2) is 9.40. The molecule has 32 heavy (non-hydrogen) atoms. The van der Waals surface area contributed by atoms with Gasteiger partial charge in [0.2, 0.25) is 0 Å². The number of imide groups is 1. The lowest BCUT2D eigenvalue weighted by Crippen LogP contribution is -2.30. The maximum atomic E-state index is 12.8. The first-order chi connectivity index (χ1) is 15.4. The minimum Gasteiger partial charge on any atom is -0.488 e. The topological polar surface area (TPSA) is 58.6 Å². The highest BCUT2D eigenvalue weighted by Crippen LogP contribution is 2.28. The number of nitrogens with one attached hydrogen (secondary N) is 1. The largest absolute Gasteiger partial charge is 0.488 e. The summed E-state index contributed by atoms with van der Waals surface area (Å²) in [5.74, 6) is 0.363. The second-order valence-corrected chi connectivity index (χ2v) is 8.68. The number of amides is 3. The SMILES string of the molecule is Cc1ccc(COc2ccc(/C=C3/NC(=O)N(Cc4ccc(C)cc4)C3=O)cc2Br)cc1. The van der Waals surface area contributed by atoms with Crippen LogP contribution in [0.1, 0.15) is 27.8 Å². The Labute approximate surface area is 195 Å². The van der Waals surface area contributed by atoms with Crippen LogP contribution < -0.4 is 10.1 Å². The van der Waals surface area contributed by atoms with Crippen LogP contribution in [0.15, 0.2) is 76.9 Å². The summed E-state index contributed by atoms with van der Waals surface area (Å²) in [5, 5.41) is 2.67. The summed E-state index contributed by atoms with van der Waals surface area (Å²) in [5.41, 5.74) is 5.35. The zero-order valence-electron chi connectivity index (χ0n) is 17.9. The maximum Gasteiger partial charge on any atom is 0.329 e. The van der Waals surface area contributed by atoms with Crippen LogP contribution >= 0.6 is 15.9 Å². The first kappa shape index (κ1) is 21.8. The van der Waals surface area contributed by atoms with Gasteiger partial charge in [-0.25, -0.2) is 4.79 Å². The Balaban J connectivity index is 1.44. The third-order valence-electron chi connectivity index (χ3n) is 5.21. The summed E-state index contributed by atoms with van der Waals surface area (Å²) >= 11 is 3.53. The number of carbonyl (C=O) groups is 2. The molecule has 0 aliphatic carbocycles. The highest BCUT2D eigenvalue weighted by Gasteiger charge is 2.33. The predicted octanol–water partition coefficient (Wildman–Crippen LogP) is 5.74. The maximum absolute atomic E-state index is 12.8. The van der Waals surface area contributed by atoms with Crippen LogP contribution in [-0.4, -0.2) is 16.8 Å². The molecule has 1 aliphatic rings. The zero-order chi connectivity index (χ0) is 22.7. The molecule has 1 N–H and O–H groups in total. The number of hydrogen-bond acceptors (Lipinski definition) is 3. The van der Waals surface area contributed by atoms with Crippen molar-refractivity contribution in [1.82, 2.24) is 10.2 Å². The van der Waals surface area contributed by atoms with Crippen LogP contribution in [0.5, 0.6) is 5.75 Å². The number of rotatable bonds is 6.